The largest absolute Gasteiger partial charge is 0.381 e. The first-order valence-electron chi connectivity index (χ1n) is 4.95. The molecule has 0 unspecified atom stereocenters. The molecule has 0 saturated carbocycles. The van der Waals surface area contributed by atoms with E-state index in [9.17, 15) is 4.79 Å². The Bertz CT molecular complexity index is 303. The third-order valence-electron chi connectivity index (χ3n) is 2.62. The predicted molar refractivity (Wildman–Crippen MR) is 51.2 cm³/mol. The van der Waals surface area contributed by atoms with Crippen LogP contribution in [0.25, 0.3) is 0 Å². The number of hydrogen-bond donors (Lipinski definition) is 1. The zero-order chi connectivity index (χ0) is 9.80. The smallest absolute Gasteiger partial charge is 0.170 e. The first kappa shape index (κ1) is 9.40. The predicted octanol–water partition coefficient (Wildman–Crippen LogP) is 1.19. The van der Waals surface area contributed by atoms with E-state index in [0.29, 0.717) is 11.6 Å². The summed E-state index contributed by atoms with van der Waals surface area (Å²) in [6.07, 6.45) is 3.96. The average molecular weight is 194 g/mol. The van der Waals surface area contributed by atoms with Crippen LogP contribution in [-0.2, 0) is 11.2 Å². The van der Waals surface area contributed by atoms with Crippen molar-refractivity contribution in [1.82, 2.24) is 10.2 Å². The van der Waals surface area contributed by atoms with Crippen molar-refractivity contribution in [1.29, 1.82) is 0 Å². The molecule has 2 heterocycles. The molecule has 0 radical (unpaired) electrons. The lowest BCUT2D eigenvalue weighted by molar-refractivity contribution is 0.0662. The summed E-state index contributed by atoms with van der Waals surface area (Å²) in [7, 11) is 0. The highest BCUT2D eigenvalue weighted by Gasteiger charge is 2.15. The van der Waals surface area contributed by atoms with Crippen LogP contribution in [0.15, 0.2) is 6.07 Å². The molecule has 14 heavy (non-hydrogen) atoms. The molecule has 0 aliphatic carbocycles. The fourth-order valence-corrected chi connectivity index (χ4v) is 1.81. The van der Waals surface area contributed by atoms with Crippen molar-refractivity contribution >= 4 is 6.29 Å². The van der Waals surface area contributed by atoms with Crippen molar-refractivity contribution in [2.24, 2.45) is 5.92 Å². The van der Waals surface area contributed by atoms with Crippen molar-refractivity contribution in [3.8, 4) is 0 Å². The van der Waals surface area contributed by atoms with Gasteiger partial charge in [-0.05, 0) is 31.2 Å². The number of hydrogen-bond acceptors (Lipinski definition) is 3. The first-order valence-corrected chi connectivity index (χ1v) is 4.95. The number of aromatic nitrogens is 2. The van der Waals surface area contributed by atoms with Gasteiger partial charge in [-0.2, -0.15) is 5.10 Å². The molecular formula is C10H14N2O2. The van der Waals surface area contributed by atoms with Crippen LogP contribution in [0.4, 0.5) is 0 Å². The molecule has 1 fully saturated rings. The Kier molecular flexibility index (Phi) is 2.93. The minimum atomic E-state index is 0.493. The van der Waals surface area contributed by atoms with Crippen LogP contribution in [0.1, 0.15) is 29.0 Å². The average Bonchev–Trinajstić information content (AvgIpc) is 2.67. The van der Waals surface area contributed by atoms with E-state index in [-0.39, 0.29) is 0 Å². The normalized spacial score (nSPS) is 18.3. The van der Waals surface area contributed by atoms with Gasteiger partial charge in [-0.1, -0.05) is 0 Å². The highest BCUT2D eigenvalue weighted by molar-refractivity contribution is 5.71. The van der Waals surface area contributed by atoms with Gasteiger partial charge in [-0.15, -0.1) is 0 Å². The number of carbonyl (C=O) groups excluding carboxylic acids is 1. The molecule has 4 nitrogen and oxygen atoms in total. The summed E-state index contributed by atoms with van der Waals surface area (Å²) >= 11 is 0. The van der Waals surface area contributed by atoms with E-state index in [1.165, 1.54) is 0 Å². The van der Waals surface area contributed by atoms with Gasteiger partial charge >= 0.3 is 0 Å². The standard InChI is InChI=1S/C10H14N2O2/c13-7-10-6-9(11-12-10)5-8-1-3-14-4-2-8/h6-8H,1-5H2,(H,11,12). The monoisotopic (exact) mass is 194 g/mol. The number of rotatable bonds is 3. The molecule has 1 saturated heterocycles. The molecule has 1 aromatic rings. The van der Waals surface area contributed by atoms with Gasteiger partial charge in [0.2, 0.25) is 0 Å². The molecule has 2 rings (SSSR count). The van der Waals surface area contributed by atoms with Crippen LogP contribution in [0.2, 0.25) is 0 Å². The molecule has 0 amide bonds. The van der Waals surface area contributed by atoms with E-state index < -0.39 is 0 Å². The fraction of sp³-hybridized carbons (Fsp3) is 0.600. The number of nitrogens with zero attached hydrogens (tertiary/aromatic N) is 1. The Morgan fingerprint density at radius 1 is 1.57 bits per heavy atom. The third kappa shape index (κ3) is 2.20. The quantitative estimate of drug-likeness (QED) is 0.735. The number of carbonyl (C=O) groups is 1. The maximum Gasteiger partial charge on any atom is 0.170 e. The molecule has 1 aromatic heterocycles. The second-order valence-corrected chi connectivity index (χ2v) is 3.70. The van der Waals surface area contributed by atoms with Crippen molar-refractivity contribution < 1.29 is 9.53 Å². The van der Waals surface area contributed by atoms with Crippen LogP contribution in [0.3, 0.4) is 0 Å². The topological polar surface area (TPSA) is 55.0 Å². The Balaban J connectivity index is 1.92. The van der Waals surface area contributed by atoms with Gasteiger partial charge in [0.25, 0.3) is 0 Å². The van der Waals surface area contributed by atoms with Gasteiger partial charge < -0.3 is 4.74 Å². The SMILES string of the molecule is O=Cc1cc(CC2CCOCC2)[nH]n1. The lowest BCUT2D eigenvalue weighted by Crippen LogP contribution is -2.17. The number of ether oxygens (including phenoxy) is 1. The zero-order valence-corrected chi connectivity index (χ0v) is 8.03. The van der Waals surface area contributed by atoms with Gasteiger partial charge in [0.15, 0.2) is 6.29 Å². The molecule has 0 spiro atoms. The highest BCUT2D eigenvalue weighted by Crippen LogP contribution is 2.18. The van der Waals surface area contributed by atoms with Crippen molar-refractivity contribution in [3.63, 3.8) is 0 Å². The molecule has 76 valence electrons. The Hall–Kier alpha value is -1.16. The molecule has 1 aliphatic heterocycles. The Labute approximate surface area is 82.7 Å². The zero-order valence-electron chi connectivity index (χ0n) is 8.03. The maximum absolute atomic E-state index is 10.4. The van der Waals surface area contributed by atoms with Crippen LogP contribution in [0.5, 0.6) is 0 Å². The summed E-state index contributed by atoms with van der Waals surface area (Å²) < 4.78 is 5.28. The number of nitrogens with one attached hydrogen (secondary N) is 1. The van der Waals surface area contributed by atoms with E-state index in [1.807, 2.05) is 6.07 Å². The summed E-state index contributed by atoms with van der Waals surface area (Å²) in [6.45, 7) is 1.72. The number of aromatic amines is 1. The summed E-state index contributed by atoms with van der Waals surface area (Å²) in [4.78, 5) is 10.4. The number of H-pyrrole nitrogens is 1. The van der Waals surface area contributed by atoms with Crippen molar-refractivity contribution in [2.75, 3.05) is 13.2 Å². The van der Waals surface area contributed by atoms with Gasteiger partial charge in [0.1, 0.15) is 5.69 Å². The molecule has 0 bridgehead atoms. The van der Waals surface area contributed by atoms with Gasteiger partial charge in [-0.3, -0.25) is 9.89 Å². The second kappa shape index (κ2) is 4.37. The van der Waals surface area contributed by atoms with Crippen LogP contribution in [0, 0.1) is 5.92 Å². The highest BCUT2D eigenvalue weighted by atomic mass is 16.5. The van der Waals surface area contributed by atoms with E-state index in [1.54, 1.807) is 0 Å². The second-order valence-electron chi connectivity index (χ2n) is 3.70. The molecule has 0 atom stereocenters. The van der Waals surface area contributed by atoms with Gasteiger partial charge in [0, 0.05) is 18.9 Å². The summed E-state index contributed by atoms with van der Waals surface area (Å²) in [6, 6.07) is 1.82. The van der Waals surface area contributed by atoms with Crippen LogP contribution < -0.4 is 0 Å². The minimum Gasteiger partial charge on any atom is -0.381 e. The molecule has 0 aromatic carbocycles. The van der Waals surface area contributed by atoms with E-state index in [0.717, 1.165) is 44.5 Å². The molecule has 4 heteroatoms. The molecular weight excluding hydrogens is 180 g/mol. The molecule has 1 N–H and O–H groups in total. The lowest BCUT2D eigenvalue weighted by Gasteiger charge is -2.20. The summed E-state index contributed by atoms with van der Waals surface area (Å²) in [5.74, 6) is 0.670. The first-order chi connectivity index (χ1) is 6.88. The van der Waals surface area contributed by atoms with Crippen molar-refractivity contribution in [2.45, 2.75) is 19.3 Å². The Morgan fingerprint density at radius 2 is 2.36 bits per heavy atom. The molecule has 1 aliphatic rings. The van der Waals surface area contributed by atoms with Crippen LogP contribution in [-0.4, -0.2) is 29.7 Å². The fourth-order valence-electron chi connectivity index (χ4n) is 1.81. The Morgan fingerprint density at radius 3 is 3.00 bits per heavy atom. The maximum atomic E-state index is 10.4. The number of aldehydes is 1. The summed E-state index contributed by atoms with van der Waals surface area (Å²) in [5.41, 5.74) is 1.55. The minimum absolute atomic E-state index is 0.493. The lowest BCUT2D eigenvalue weighted by atomic mass is 9.95. The van der Waals surface area contributed by atoms with Gasteiger partial charge in [-0.25, -0.2) is 0 Å². The van der Waals surface area contributed by atoms with E-state index in [2.05, 4.69) is 10.2 Å². The van der Waals surface area contributed by atoms with E-state index in [4.69, 9.17) is 4.74 Å². The van der Waals surface area contributed by atoms with E-state index >= 15 is 0 Å². The van der Waals surface area contributed by atoms with Gasteiger partial charge in [0.05, 0.1) is 0 Å². The summed E-state index contributed by atoms with van der Waals surface area (Å²) in [5, 5.41) is 6.76. The third-order valence-corrected chi connectivity index (χ3v) is 2.62. The van der Waals surface area contributed by atoms with Crippen LogP contribution >= 0.6 is 0 Å². The van der Waals surface area contributed by atoms with Crippen molar-refractivity contribution in [3.05, 3.63) is 17.5 Å².